The minimum absolute atomic E-state index is 0.0869. The van der Waals surface area contributed by atoms with Gasteiger partial charge in [0.15, 0.2) is 0 Å². The second-order valence-electron chi connectivity index (χ2n) is 6.92. The Morgan fingerprint density at radius 2 is 1.62 bits per heavy atom. The maximum Gasteiger partial charge on any atom is 0.308 e. The number of piperazine rings is 1. The van der Waals surface area contributed by atoms with E-state index in [0.717, 1.165) is 5.56 Å². The van der Waals surface area contributed by atoms with Crippen LogP contribution in [0.4, 0.5) is 0 Å². The van der Waals surface area contributed by atoms with Crippen LogP contribution in [0.3, 0.4) is 0 Å². The quantitative estimate of drug-likeness (QED) is 0.556. The lowest BCUT2D eigenvalue weighted by Gasteiger charge is -2.35. The molecule has 0 radical (unpaired) electrons. The summed E-state index contributed by atoms with van der Waals surface area (Å²) in [6, 6.07) is 14.1. The van der Waals surface area contributed by atoms with Crippen LogP contribution in [0.2, 0.25) is 5.02 Å². The average Bonchev–Trinajstić information content (AvgIpc) is 2.72. The number of benzene rings is 2. The summed E-state index contributed by atoms with van der Waals surface area (Å²) in [4.78, 5) is 39.8. The van der Waals surface area contributed by atoms with Crippen molar-refractivity contribution in [3.05, 3.63) is 64.7 Å². The van der Waals surface area contributed by atoms with Gasteiger partial charge in [0.05, 0.1) is 0 Å². The normalized spacial score (nSPS) is 13.9. The third-order valence-electron chi connectivity index (χ3n) is 4.80. The Morgan fingerprint density at radius 3 is 2.28 bits per heavy atom. The molecule has 2 amide bonds. The van der Waals surface area contributed by atoms with Crippen molar-refractivity contribution in [1.82, 2.24) is 9.80 Å². The van der Waals surface area contributed by atoms with Crippen molar-refractivity contribution in [3.63, 3.8) is 0 Å². The number of amides is 2. The zero-order valence-corrected chi connectivity index (χ0v) is 17.0. The van der Waals surface area contributed by atoms with Gasteiger partial charge < -0.3 is 14.5 Å². The summed E-state index contributed by atoms with van der Waals surface area (Å²) in [5.74, 6) is -0.129. The minimum atomic E-state index is -0.430. The standard InChI is InChI=1S/C22H23ClN2O4/c1-16(26)29-20-4-2-3-18(15-20)22(28)25-13-11-24(12-14-25)21(27)10-7-17-5-8-19(23)9-6-17/h2-6,8-9,15H,7,10-14H2,1H3. The molecule has 0 bridgehead atoms. The number of ether oxygens (including phenoxy) is 1. The predicted octanol–water partition coefficient (Wildman–Crippen LogP) is 3.18. The van der Waals surface area contributed by atoms with Gasteiger partial charge in [0, 0.05) is 50.1 Å². The van der Waals surface area contributed by atoms with Gasteiger partial charge in [-0.1, -0.05) is 29.8 Å². The molecule has 0 spiro atoms. The van der Waals surface area contributed by atoms with Gasteiger partial charge in [0.2, 0.25) is 5.91 Å². The molecule has 0 aromatic heterocycles. The van der Waals surface area contributed by atoms with E-state index in [1.54, 1.807) is 34.1 Å². The van der Waals surface area contributed by atoms with Crippen LogP contribution in [0.15, 0.2) is 48.5 Å². The van der Waals surface area contributed by atoms with Crippen LogP contribution in [-0.2, 0) is 16.0 Å². The van der Waals surface area contributed by atoms with Gasteiger partial charge in [-0.15, -0.1) is 0 Å². The molecule has 0 N–H and O–H groups in total. The number of hydrogen-bond donors (Lipinski definition) is 0. The lowest BCUT2D eigenvalue weighted by atomic mass is 10.1. The third kappa shape index (κ3) is 5.81. The van der Waals surface area contributed by atoms with Crippen molar-refractivity contribution in [2.45, 2.75) is 19.8 Å². The van der Waals surface area contributed by atoms with Crippen molar-refractivity contribution in [3.8, 4) is 5.75 Å². The van der Waals surface area contributed by atoms with Gasteiger partial charge in [0.1, 0.15) is 5.75 Å². The monoisotopic (exact) mass is 414 g/mol. The first kappa shape index (κ1) is 20.9. The maximum absolute atomic E-state index is 12.7. The topological polar surface area (TPSA) is 66.9 Å². The van der Waals surface area contributed by atoms with E-state index in [1.165, 1.54) is 6.92 Å². The lowest BCUT2D eigenvalue weighted by Crippen LogP contribution is -2.50. The Labute approximate surface area is 175 Å². The summed E-state index contributed by atoms with van der Waals surface area (Å²) in [7, 11) is 0. The van der Waals surface area contributed by atoms with E-state index in [-0.39, 0.29) is 11.8 Å². The molecule has 0 saturated carbocycles. The number of carbonyl (C=O) groups excluding carboxylic acids is 3. The molecule has 1 aliphatic heterocycles. The van der Waals surface area contributed by atoms with Crippen LogP contribution in [0.5, 0.6) is 5.75 Å². The summed E-state index contributed by atoms with van der Waals surface area (Å²) >= 11 is 5.88. The number of rotatable bonds is 5. The van der Waals surface area contributed by atoms with Crippen molar-refractivity contribution in [2.24, 2.45) is 0 Å². The van der Waals surface area contributed by atoms with Crippen LogP contribution in [0.1, 0.15) is 29.3 Å². The largest absolute Gasteiger partial charge is 0.427 e. The first-order valence-corrected chi connectivity index (χ1v) is 9.90. The number of hydrogen-bond acceptors (Lipinski definition) is 4. The fourth-order valence-electron chi connectivity index (χ4n) is 3.26. The molecule has 6 nitrogen and oxygen atoms in total. The van der Waals surface area contributed by atoms with Crippen LogP contribution in [0.25, 0.3) is 0 Å². The van der Waals surface area contributed by atoms with E-state index in [4.69, 9.17) is 16.3 Å². The second kappa shape index (κ2) is 9.56. The number of nitrogens with zero attached hydrogens (tertiary/aromatic N) is 2. The zero-order valence-electron chi connectivity index (χ0n) is 16.3. The number of aryl methyl sites for hydroxylation is 1. The van der Waals surface area contributed by atoms with E-state index in [1.807, 2.05) is 24.3 Å². The zero-order chi connectivity index (χ0) is 20.8. The van der Waals surface area contributed by atoms with Crippen molar-refractivity contribution >= 4 is 29.4 Å². The summed E-state index contributed by atoms with van der Waals surface area (Å²) < 4.78 is 5.04. The molecule has 1 heterocycles. The Bertz CT molecular complexity index is 890. The van der Waals surface area contributed by atoms with Gasteiger partial charge >= 0.3 is 5.97 Å². The Kier molecular flexibility index (Phi) is 6.88. The van der Waals surface area contributed by atoms with Crippen molar-refractivity contribution in [2.75, 3.05) is 26.2 Å². The average molecular weight is 415 g/mol. The number of esters is 1. The lowest BCUT2D eigenvalue weighted by molar-refractivity contribution is -0.133. The summed E-state index contributed by atoms with van der Waals surface area (Å²) in [6.07, 6.45) is 1.10. The van der Waals surface area contributed by atoms with Gasteiger partial charge in [-0.3, -0.25) is 14.4 Å². The predicted molar refractivity (Wildman–Crippen MR) is 110 cm³/mol. The van der Waals surface area contributed by atoms with Crippen molar-refractivity contribution in [1.29, 1.82) is 0 Å². The van der Waals surface area contributed by atoms with E-state index >= 15 is 0 Å². The molecule has 7 heteroatoms. The maximum atomic E-state index is 12.7. The molecule has 152 valence electrons. The number of halogens is 1. The van der Waals surface area contributed by atoms with E-state index in [0.29, 0.717) is 55.4 Å². The Hall–Kier alpha value is -2.86. The third-order valence-corrected chi connectivity index (χ3v) is 5.05. The fraction of sp³-hybridized carbons (Fsp3) is 0.318. The minimum Gasteiger partial charge on any atom is -0.427 e. The molecule has 1 saturated heterocycles. The summed E-state index contributed by atoms with van der Waals surface area (Å²) in [5, 5.41) is 0.680. The molecular formula is C22H23ClN2O4. The Morgan fingerprint density at radius 1 is 0.966 bits per heavy atom. The fourth-order valence-corrected chi connectivity index (χ4v) is 3.39. The van der Waals surface area contributed by atoms with Crippen molar-refractivity contribution < 1.29 is 19.1 Å². The molecular weight excluding hydrogens is 392 g/mol. The SMILES string of the molecule is CC(=O)Oc1cccc(C(=O)N2CCN(C(=O)CCc3ccc(Cl)cc3)CC2)c1. The molecule has 0 atom stereocenters. The highest BCUT2D eigenvalue weighted by Gasteiger charge is 2.25. The highest BCUT2D eigenvalue weighted by atomic mass is 35.5. The van der Waals surface area contributed by atoms with E-state index in [2.05, 4.69) is 0 Å². The number of carbonyl (C=O) groups is 3. The first-order valence-electron chi connectivity index (χ1n) is 9.52. The molecule has 2 aromatic rings. The molecule has 0 unspecified atom stereocenters. The highest BCUT2D eigenvalue weighted by Crippen LogP contribution is 2.17. The van der Waals surface area contributed by atoms with Crippen LogP contribution < -0.4 is 4.74 Å². The molecule has 1 fully saturated rings. The van der Waals surface area contributed by atoms with E-state index in [9.17, 15) is 14.4 Å². The summed E-state index contributed by atoms with van der Waals surface area (Å²) in [6.45, 7) is 3.29. The highest BCUT2D eigenvalue weighted by molar-refractivity contribution is 6.30. The van der Waals surface area contributed by atoms with Gasteiger partial charge in [0.25, 0.3) is 5.91 Å². The summed E-state index contributed by atoms with van der Waals surface area (Å²) in [5.41, 5.74) is 1.54. The van der Waals surface area contributed by atoms with Crippen LogP contribution >= 0.6 is 11.6 Å². The van der Waals surface area contributed by atoms with Gasteiger partial charge in [-0.05, 0) is 42.3 Å². The molecule has 3 rings (SSSR count). The van der Waals surface area contributed by atoms with E-state index < -0.39 is 5.97 Å². The Balaban J connectivity index is 1.50. The van der Waals surface area contributed by atoms with Crippen LogP contribution in [0, 0.1) is 0 Å². The molecule has 2 aromatic carbocycles. The first-order chi connectivity index (χ1) is 13.9. The molecule has 29 heavy (non-hydrogen) atoms. The van der Waals surface area contributed by atoms with Gasteiger partial charge in [-0.25, -0.2) is 0 Å². The molecule has 1 aliphatic rings. The van der Waals surface area contributed by atoms with Crippen LogP contribution in [-0.4, -0.2) is 53.8 Å². The smallest absolute Gasteiger partial charge is 0.308 e. The second-order valence-corrected chi connectivity index (χ2v) is 7.36. The van der Waals surface area contributed by atoms with Gasteiger partial charge in [-0.2, -0.15) is 0 Å². The molecule has 0 aliphatic carbocycles.